The van der Waals surface area contributed by atoms with Crippen LogP contribution in [0.3, 0.4) is 0 Å². The van der Waals surface area contributed by atoms with E-state index < -0.39 is 5.41 Å². The highest BCUT2D eigenvalue weighted by Crippen LogP contribution is 2.51. The van der Waals surface area contributed by atoms with Crippen molar-refractivity contribution < 1.29 is 4.42 Å². The molecule has 2 aromatic heterocycles. The monoisotopic (exact) mass is 692 g/mol. The van der Waals surface area contributed by atoms with Gasteiger partial charge in [0.2, 0.25) is 0 Å². The Kier molecular flexibility index (Phi) is 6.68. The van der Waals surface area contributed by atoms with Crippen molar-refractivity contribution >= 4 is 33.6 Å². The summed E-state index contributed by atoms with van der Waals surface area (Å²) >= 11 is 0. The number of hydrogen-bond acceptors (Lipinski definition) is 5. The maximum absolute atomic E-state index is 6.68. The predicted molar refractivity (Wildman–Crippen MR) is 219 cm³/mol. The Morgan fingerprint density at radius 1 is 0.500 bits per heavy atom. The van der Waals surface area contributed by atoms with Crippen LogP contribution in [0.1, 0.15) is 24.7 Å². The number of benzene rings is 7. The summed E-state index contributed by atoms with van der Waals surface area (Å²) in [6.45, 7) is 2.26. The second-order valence-electron chi connectivity index (χ2n) is 14.4. The molecule has 0 N–H and O–H groups in total. The van der Waals surface area contributed by atoms with Gasteiger partial charge in [-0.05, 0) is 93.4 Å². The molecule has 0 radical (unpaired) electrons. The number of para-hydroxylation sites is 1. The third kappa shape index (κ3) is 4.72. The van der Waals surface area contributed by atoms with E-state index in [1.54, 1.807) is 0 Å². The van der Waals surface area contributed by atoms with Gasteiger partial charge in [-0.2, -0.15) is 0 Å². The lowest BCUT2D eigenvalue weighted by Crippen LogP contribution is -2.26. The van der Waals surface area contributed by atoms with Crippen LogP contribution in [0.4, 0.5) is 5.69 Å². The minimum atomic E-state index is -0.503. The summed E-state index contributed by atoms with van der Waals surface area (Å²) in [5, 5.41) is 3.61. The lowest BCUT2D eigenvalue weighted by atomic mass is 9.74. The summed E-state index contributed by atoms with van der Waals surface area (Å²) in [5.74, 6) is 2.74. The van der Waals surface area contributed by atoms with Gasteiger partial charge < -0.3 is 4.42 Å². The zero-order valence-electron chi connectivity index (χ0n) is 29.5. The summed E-state index contributed by atoms with van der Waals surface area (Å²) in [6, 6.07) is 55.3. The molecule has 254 valence electrons. The van der Waals surface area contributed by atoms with Crippen molar-refractivity contribution in [2.75, 3.05) is 0 Å². The largest absolute Gasteiger partial charge is 0.458 e. The van der Waals surface area contributed by atoms with Gasteiger partial charge in [-0.3, -0.25) is 4.99 Å². The Labute approximate surface area is 312 Å². The van der Waals surface area contributed by atoms with E-state index in [9.17, 15) is 0 Å². The highest BCUT2D eigenvalue weighted by atomic mass is 16.3. The molecule has 0 amide bonds. The Bertz CT molecular complexity index is 2920. The molecule has 5 heteroatoms. The van der Waals surface area contributed by atoms with Crippen LogP contribution in [0.15, 0.2) is 167 Å². The number of fused-ring (bicyclic) bond motifs is 6. The molecule has 7 aromatic carbocycles. The number of nitrogens with zero attached hydrogens (tertiary/aromatic N) is 4. The summed E-state index contributed by atoms with van der Waals surface area (Å²) in [5.41, 5.74) is 12.4. The number of furan rings is 1. The lowest BCUT2D eigenvalue weighted by Gasteiger charge is -2.30. The number of hydrogen-bond donors (Lipinski definition) is 0. The van der Waals surface area contributed by atoms with E-state index in [0.717, 1.165) is 55.8 Å². The molecule has 1 atom stereocenters. The molecule has 11 rings (SSSR count). The van der Waals surface area contributed by atoms with E-state index in [1.807, 2.05) is 85.1 Å². The quantitative estimate of drug-likeness (QED) is 0.180. The van der Waals surface area contributed by atoms with Crippen molar-refractivity contribution in [1.29, 1.82) is 0 Å². The fourth-order valence-electron chi connectivity index (χ4n) is 8.35. The molecule has 1 unspecified atom stereocenters. The standard InChI is InChI=1S/C49H32N4O/c1-49(24-25-50-44-40-18-8-9-21-42(40)54-45(44)49)36-27-34(33-22-23-37-38-19-10-16-30-17-11-20-39(43(30)38)41(37)29-33)26-35(28-36)48-52-46(31-12-4-2-5-13-31)51-47(53-48)32-14-6-3-7-15-32/h2-23,25-29H,24H2,1H3. The van der Waals surface area contributed by atoms with Crippen LogP contribution in [0.2, 0.25) is 0 Å². The van der Waals surface area contributed by atoms with E-state index in [1.165, 1.54) is 33.0 Å². The lowest BCUT2D eigenvalue weighted by molar-refractivity contribution is 0.436. The minimum Gasteiger partial charge on any atom is -0.458 e. The van der Waals surface area contributed by atoms with Gasteiger partial charge in [-0.1, -0.05) is 127 Å². The topological polar surface area (TPSA) is 64.2 Å². The molecule has 0 spiro atoms. The van der Waals surface area contributed by atoms with Crippen molar-refractivity contribution in [1.82, 2.24) is 15.0 Å². The second-order valence-corrected chi connectivity index (χ2v) is 14.4. The molecular weight excluding hydrogens is 661 g/mol. The Morgan fingerprint density at radius 3 is 1.85 bits per heavy atom. The van der Waals surface area contributed by atoms with Crippen molar-refractivity contribution in [2.24, 2.45) is 4.99 Å². The molecule has 1 aliphatic carbocycles. The van der Waals surface area contributed by atoms with Gasteiger partial charge in [0, 0.05) is 28.3 Å². The van der Waals surface area contributed by atoms with E-state index in [-0.39, 0.29) is 0 Å². The van der Waals surface area contributed by atoms with Gasteiger partial charge in [0.15, 0.2) is 17.5 Å². The molecule has 0 saturated carbocycles. The van der Waals surface area contributed by atoms with Crippen LogP contribution < -0.4 is 0 Å². The van der Waals surface area contributed by atoms with E-state index in [0.29, 0.717) is 23.9 Å². The fraction of sp³-hybridized carbons (Fsp3) is 0.0612. The van der Waals surface area contributed by atoms with Crippen LogP contribution in [-0.2, 0) is 5.41 Å². The first-order valence-electron chi connectivity index (χ1n) is 18.4. The van der Waals surface area contributed by atoms with Crippen LogP contribution in [0, 0.1) is 0 Å². The minimum absolute atomic E-state index is 0.503. The number of aliphatic imine (C=N–C) groups is 1. The van der Waals surface area contributed by atoms with E-state index >= 15 is 0 Å². The summed E-state index contributed by atoms with van der Waals surface area (Å²) in [7, 11) is 0. The Hall–Kier alpha value is -6.98. The smallest absolute Gasteiger partial charge is 0.164 e. The van der Waals surface area contributed by atoms with Crippen LogP contribution >= 0.6 is 0 Å². The highest BCUT2D eigenvalue weighted by molar-refractivity contribution is 6.15. The summed E-state index contributed by atoms with van der Waals surface area (Å²) in [4.78, 5) is 20.2. The van der Waals surface area contributed by atoms with Crippen molar-refractivity contribution in [2.45, 2.75) is 18.8 Å². The first-order chi connectivity index (χ1) is 26.6. The van der Waals surface area contributed by atoms with Crippen molar-refractivity contribution in [3.8, 4) is 67.5 Å². The number of rotatable bonds is 5. The Balaban J connectivity index is 1.15. The maximum atomic E-state index is 6.68. The average Bonchev–Trinajstić information content (AvgIpc) is 3.79. The van der Waals surface area contributed by atoms with Crippen molar-refractivity contribution in [3.63, 3.8) is 0 Å². The van der Waals surface area contributed by atoms with Gasteiger partial charge in [-0.25, -0.2) is 15.0 Å². The van der Waals surface area contributed by atoms with Crippen LogP contribution in [0.25, 0.3) is 89.3 Å². The van der Waals surface area contributed by atoms with Crippen molar-refractivity contribution in [3.05, 3.63) is 169 Å². The first kappa shape index (κ1) is 30.6. The van der Waals surface area contributed by atoms with Gasteiger partial charge in [-0.15, -0.1) is 0 Å². The van der Waals surface area contributed by atoms with Gasteiger partial charge in [0.05, 0.1) is 5.41 Å². The molecule has 0 saturated heterocycles. The Morgan fingerprint density at radius 2 is 1.13 bits per heavy atom. The van der Waals surface area contributed by atoms with Crippen LogP contribution in [0.5, 0.6) is 0 Å². The fourth-order valence-corrected chi connectivity index (χ4v) is 8.35. The normalized spacial score (nSPS) is 15.4. The first-order valence-corrected chi connectivity index (χ1v) is 18.4. The summed E-state index contributed by atoms with van der Waals surface area (Å²) in [6.07, 6.45) is 2.72. The van der Waals surface area contributed by atoms with E-state index in [2.05, 4.69) is 85.8 Å². The third-order valence-corrected chi connectivity index (χ3v) is 11.2. The van der Waals surface area contributed by atoms with Gasteiger partial charge in [0.25, 0.3) is 0 Å². The predicted octanol–water partition coefficient (Wildman–Crippen LogP) is 12.5. The molecule has 54 heavy (non-hydrogen) atoms. The molecule has 2 aliphatic rings. The molecular formula is C49H32N4O. The molecule has 0 fully saturated rings. The SMILES string of the molecule is CC1(c2cc(-c3ccc4c(c3)-c3cccc5cccc-4c35)cc(-c3nc(-c4ccccc4)nc(-c4ccccc4)n3)c2)CC=Nc2c1oc1ccccc21. The second kappa shape index (κ2) is 11.8. The van der Waals surface area contributed by atoms with Crippen LogP contribution in [-0.4, -0.2) is 21.2 Å². The van der Waals surface area contributed by atoms with Gasteiger partial charge in [0.1, 0.15) is 17.0 Å². The zero-order valence-corrected chi connectivity index (χ0v) is 29.5. The zero-order chi connectivity index (χ0) is 35.8. The molecule has 1 aliphatic heterocycles. The highest BCUT2D eigenvalue weighted by Gasteiger charge is 2.38. The van der Waals surface area contributed by atoms with E-state index in [4.69, 9.17) is 24.4 Å². The molecule has 5 nitrogen and oxygen atoms in total. The molecule has 9 aromatic rings. The molecule has 0 bridgehead atoms. The number of aromatic nitrogens is 3. The summed E-state index contributed by atoms with van der Waals surface area (Å²) < 4.78 is 6.68. The molecule has 3 heterocycles. The maximum Gasteiger partial charge on any atom is 0.164 e. The third-order valence-electron chi connectivity index (χ3n) is 11.2. The van der Waals surface area contributed by atoms with Gasteiger partial charge >= 0.3 is 0 Å². The average molecular weight is 693 g/mol.